The van der Waals surface area contributed by atoms with E-state index in [1.807, 2.05) is 0 Å². The summed E-state index contributed by atoms with van der Waals surface area (Å²) >= 11 is 0. The molecule has 1 fully saturated rings. The number of halogens is 4. The molecule has 23 heavy (non-hydrogen) atoms. The molecule has 3 N–H and O–H groups in total. The molecule has 0 radical (unpaired) electrons. The molecule has 0 aromatic heterocycles. The summed E-state index contributed by atoms with van der Waals surface area (Å²) in [6.45, 7) is 1.27. The molecule has 0 heterocycles. The topological polar surface area (TPSA) is 70.2 Å². The molecule has 2 rings (SSSR count). The summed E-state index contributed by atoms with van der Waals surface area (Å²) in [5, 5.41) is 7.50. The highest BCUT2D eigenvalue weighted by atomic mass is 35.5. The fourth-order valence-electron chi connectivity index (χ4n) is 1.82. The van der Waals surface area contributed by atoms with E-state index >= 15 is 0 Å². The smallest absolute Gasteiger partial charge is 0.243 e. The van der Waals surface area contributed by atoms with E-state index in [4.69, 9.17) is 0 Å². The van der Waals surface area contributed by atoms with Crippen molar-refractivity contribution < 1.29 is 22.8 Å². The van der Waals surface area contributed by atoms with Crippen molar-refractivity contribution in [3.8, 4) is 0 Å². The monoisotopic (exact) mass is 351 g/mol. The number of anilines is 1. The van der Waals surface area contributed by atoms with Gasteiger partial charge in [0.25, 0.3) is 0 Å². The van der Waals surface area contributed by atoms with E-state index in [1.165, 1.54) is 0 Å². The molecule has 0 spiro atoms. The molecule has 1 aromatic rings. The van der Waals surface area contributed by atoms with Gasteiger partial charge in [-0.1, -0.05) is 0 Å². The Hall–Kier alpha value is -1.80. The number of hydrogen-bond acceptors (Lipinski definition) is 3. The summed E-state index contributed by atoms with van der Waals surface area (Å²) in [6.07, 6.45) is 2.04. The first-order chi connectivity index (χ1) is 10.4. The molecule has 1 unspecified atom stereocenters. The summed E-state index contributed by atoms with van der Waals surface area (Å²) in [7, 11) is 0. The molecular weight excluding hydrogens is 335 g/mol. The van der Waals surface area contributed by atoms with Gasteiger partial charge in [-0.3, -0.25) is 9.59 Å². The van der Waals surface area contributed by atoms with Crippen molar-refractivity contribution >= 4 is 29.9 Å². The Labute approximate surface area is 137 Å². The molecule has 0 bridgehead atoms. The van der Waals surface area contributed by atoms with Crippen molar-refractivity contribution in [3.63, 3.8) is 0 Å². The van der Waals surface area contributed by atoms with Crippen LogP contribution in [-0.2, 0) is 9.59 Å². The number of rotatable bonds is 6. The minimum atomic E-state index is -1.66. The van der Waals surface area contributed by atoms with Crippen molar-refractivity contribution in [2.75, 3.05) is 11.9 Å². The molecular formula is C14H17ClF3N3O2. The quantitative estimate of drug-likeness (QED) is 0.683. The van der Waals surface area contributed by atoms with E-state index in [9.17, 15) is 22.8 Å². The fourth-order valence-corrected chi connectivity index (χ4v) is 1.82. The van der Waals surface area contributed by atoms with E-state index in [-0.39, 0.29) is 18.3 Å². The second kappa shape index (κ2) is 8.16. The molecule has 1 aliphatic rings. The van der Waals surface area contributed by atoms with E-state index in [2.05, 4.69) is 16.0 Å². The van der Waals surface area contributed by atoms with Gasteiger partial charge in [0.05, 0.1) is 18.3 Å². The van der Waals surface area contributed by atoms with Crippen molar-refractivity contribution in [1.29, 1.82) is 0 Å². The Kier molecular flexibility index (Phi) is 6.83. The lowest BCUT2D eigenvalue weighted by Gasteiger charge is -2.13. The van der Waals surface area contributed by atoms with Gasteiger partial charge < -0.3 is 16.0 Å². The lowest BCUT2D eigenvalue weighted by atomic mass is 10.2. The Bertz CT molecular complexity index is 597. The van der Waals surface area contributed by atoms with Crippen LogP contribution in [0.3, 0.4) is 0 Å². The standard InChI is InChI=1S/C14H16F3N3O2.ClH/c1-7(19-8-2-3-8)14(22)18-6-11(21)20-10-5-4-9(15)12(16)13(10)17;/h4-5,7-8,19H,2-3,6H2,1H3,(H,18,22)(H,20,21);1H. The summed E-state index contributed by atoms with van der Waals surface area (Å²) in [5.74, 6) is -5.60. The van der Waals surface area contributed by atoms with Gasteiger partial charge in [-0.2, -0.15) is 0 Å². The SMILES string of the molecule is CC(NC1CC1)C(=O)NCC(=O)Nc1ccc(F)c(F)c1F.Cl. The molecule has 5 nitrogen and oxygen atoms in total. The van der Waals surface area contributed by atoms with Crippen LogP contribution in [0.15, 0.2) is 12.1 Å². The maximum Gasteiger partial charge on any atom is 0.243 e. The van der Waals surface area contributed by atoms with Crippen LogP contribution >= 0.6 is 12.4 Å². The molecule has 2 amide bonds. The molecule has 9 heteroatoms. The third-order valence-corrected chi connectivity index (χ3v) is 3.19. The van der Waals surface area contributed by atoms with E-state index in [0.29, 0.717) is 12.1 Å². The fraction of sp³-hybridized carbons (Fsp3) is 0.429. The van der Waals surface area contributed by atoms with Crippen LogP contribution in [0.5, 0.6) is 0 Å². The first kappa shape index (κ1) is 19.2. The van der Waals surface area contributed by atoms with Gasteiger partial charge in [0.1, 0.15) is 0 Å². The summed E-state index contributed by atoms with van der Waals surface area (Å²) in [5.41, 5.74) is -0.484. The van der Waals surface area contributed by atoms with E-state index in [1.54, 1.807) is 6.92 Å². The number of nitrogens with one attached hydrogen (secondary N) is 3. The lowest BCUT2D eigenvalue weighted by Crippen LogP contribution is -2.45. The highest BCUT2D eigenvalue weighted by Crippen LogP contribution is 2.20. The summed E-state index contributed by atoms with van der Waals surface area (Å²) < 4.78 is 39.1. The van der Waals surface area contributed by atoms with Crippen molar-refractivity contribution in [1.82, 2.24) is 10.6 Å². The maximum atomic E-state index is 13.4. The molecule has 128 valence electrons. The molecule has 1 aromatic carbocycles. The molecule has 1 atom stereocenters. The maximum absolute atomic E-state index is 13.4. The Morgan fingerprint density at radius 1 is 1.22 bits per heavy atom. The normalized spacial score (nSPS) is 14.6. The van der Waals surface area contributed by atoms with Crippen molar-refractivity contribution in [3.05, 3.63) is 29.6 Å². The minimum Gasteiger partial charge on any atom is -0.346 e. The molecule has 0 saturated heterocycles. The van der Waals surface area contributed by atoms with Crippen LogP contribution in [0.2, 0.25) is 0 Å². The third-order valence-electron chi connectivity index (χ3n) is 3.19. The first-order valence-electron chi connectivity index (χ1n) is 6.85. The number of benzene rings is 1. The summed E-state index contributed by atoms with van der Waals surface area (Å²) in [6, 6.07) is 1.50. The zero-order chi connectivity index (χ0) is 16.3. The number of carbonyl (C=O) groups excluding carboxylic acids is 2. The van der Waals surface area contributed by atoms with Crippen molar-refractivity contribution in [2.45, 2.75) is 31.8 Å². The first-order valence-corrected chi connectivity index (χ1v) is 6.85. The molecule has 1 aliphatic carbocycles. The number of carbonyl (C=O) groups is 2. The van der Waals surface area contributed by atoms with Gasteiger partial charge in [-0.15, -0.1) is 12.4 Å². The van der Waals surface area contributed by atoms with E-state index < -0.39 is 41.6 Å². The van der Waals surface area contributed by atoms with Crippen LogP contribution in [-0.4, -0.2) is 30.4 Å². The number of amides is 2. The zero-order valence-electron chi connectivity index (χ0n) is 12.3. The van der Waals surface area contributed by atoms with Crippen LogP contribution < -0.4 is 16.0 Å². The van der Waals surface area contributed by atoms with Gasteiger partial charge in [-0.05, 0) is 31.9 Å². The Morgan fingerprint density at radius 3 is 2.48 bits per heavy atom. The largest absolute Gasteiger partial charge is 0.346 e. The van der Waals surface area contributed by atoms with Gasteiger partial charge in [0.2, 0.25) is 11.8 Å². The van der Waals surface area contributed by atoms with Gasteiger partial charge in [-0.25, -0.2) is 13.2 Å². The van der Waals surface area contributed by atoms with Crippen LogP contribution in [0.1, 0.15) is 19.8 Å². The van der Waals surface area contributed by atoms with Gasteiger partial charge in [0, 0.05) is 6.04 Å². The number of hydrogen-bond donors (Lipinski definition) is 3. The summed E-state index contributed by atoms with van der Waals surface area (Å²) in [4.78, 5) is 23.3. The van der Waals surface area contributed by atoms with E-state index in [0.717, 1.165) is 18.9 Å². The highest BCUT2D eigenvalue weighted by molar-refractivity contribution is 5.95. The predicted molar refractivity (Wildman–Crippen MR) is 80.8 cm³/mol. The lowest BCUT2D eigenvalue weighted by molar-refractivity contribution is -0.125. The highest BCUT2D eigenvalue weighted by Gasteiger charge is 2.25. The van der Waals surface area contributed by atoms with Gasteiger partial charge >= 0.3 is 0 Å². The predicted octanol–water partition coefficient (Wildman–Crippen LogP) is 1.72. The van der Waals surface area contributed by atoms with Crippen molar-refractivity contribution in [2.24, 2.45) is 0 Å². The van der Waals surface area contributed by atoms with Crippen LogP contribution in [0.4, 0.5) is 18.9 Å². The third kappa shape index (κ3) is 5.40. The second-order valence-electron chi connectivity index (χ2n) is 5.15. The zero-order valence-corrected chi connectivity index (χ0v) is 13.1. The average Bonchev–Trinajstić information content (AvgIpc) is 3.29. The molecule has 0 aliphatic heterocycles. The molecule has 1 saturated carbocycles. The average molecular weight is 352 g/mol. The Morgan fingerprint density at radius 2 is 1.87 bits per heavy atom. The second-order valence-corrected chi connectivity index (χ2v) is 5.15. The van der Waals surface area contributed by atoms with Crippen LogP contribution in [0, 0.1) is 17.5 Å². The van der Waals surface area contributed by atoms with Gasteiger partial charge in [0.15, 0.2) is 17.5 Å². The Balaban J connectivity index is 0.00000264. The minimum absolute atomic E-state index is 0. The van der Waals surface area contributed by atoms with Crippen LogP contribution in [0.25, 0.3) is 0 Å².